The molecule has 0 atom stereocenters. The normalized spacial score (nSPS) is 13.3. The molecule has 0 saturated carbocycles. The lowest BCUT2D eigenvalue weighted by molar-refractivity contribution is -0.143. The molecule has 0 N–H and O–H groups in total. The van der Waals surface area contributed by atoms with E-state index in [0.29, 0.717) is 0 Å². The summed E-state index contributed by atoms with van der Waals surface area (Å²) in [6, 6.07) is -0.153. The van der Waals surface area contributed by atoms with Crippen molar-refractivity contribution in [1.29, 1.82) is 0 Å². The van der Waals surface area contributed by atoms with E-state index in [9.17, 15) is 26.3 Å². The molecule has 0 amide bonds. The van der Waals surface area contributed by atoms with Gasteiger partial charge >= 0.3 is 12.4 Å². The Balaban J connectivity index is 3.19. The minimum Gasteiger partial charge on any atom is -0.320 e. The van der Waals surface area contributed by atoms with E-state index < -0.39 is 23.7 Å². The van der Waals surface area contributed by atoms with Gasteiger partial charge in [-0.3, -0.25) is 0 Å². The lowest BCUT2D eigenvalue weighted by atomic mass is 10.3. The Bertz CT molecular complexity index is 337. The van der Waals surface area contributed by atoms with Crippen LogP contribution in [0.25, 0.3) is 0 Å². The first-order valence-electron chi connectivity index (χ1n) is 3.12. The van der Waals surface area contributed by atoms with Gasteiger partial charge in [-0.15, -0.1) is 0 Å². The van der Waals surface area contributed by atoms with Gasteiger partial charge < -0.3 is 4.59 Å². The molecule has 0 aliphatic carbocycles. The molecule has 1 aromatic heterocycles. The van der Waals surface area contributed by atoms with E-state index in [1.807, 2.05) is 0 Å². The molecule has 0 aromatic carbocycles. The maximum atomic E-state index is 11.9. The van der Waals surface area contributed by atoms with Gasteiger partial charge in [0.25, 0.3) is 7.98 Å². The molecule has 1 aromatic rings. The summed E-state index contributed by atoms with van der Waals surface area (Å²) in [6.07, 6.45) is -9.89. The maximum Gasteiger partial charge on any atom is 0.435 e. The second-order valence-electron chi connectivity index (χ2n) is 2.35. The molecule has 0 aliphatic rings. The van der Waals surface area contributed by atoms with Crippen molar-refractivity contribution in [2.75, 3.05) is 0 Å². The summed E-state index contributed by atoms with van der Waals surface area (Å²) in [7, 11) is 4.61. The number of halogens is 6. The first-order chi connectivity index (χ1) is 6.12. The van der Waals surface area contributed by atoms with Gasteiger partial charge in [0.05, 0.1) is 0 Å². The lowest BCUT2D eigenvalue weighted by Gasteiger charge is -2.04. The third-order valence-corrected chi connectivity index (χ3v) is 1.32. The summed E-state index contributed by atoms with van der Waals surface area (Å²) in [5, 5.41) is 2.50. The molecular formula is C5HBF6N2. The van der Waals surface area contributed by atoms with E-state index in [1.54, 1.807) is 0 Å². The second kappa shape index (κ2) is 2.92. The Morgan fingerprint density at radius 3 is 1.79 bits per heavy atom. The van der Waals surface area contributed by atoms with E-state index in [4.69, 9.17) is 0 Å². The standard InChI is InChI=1S/C5HBF6N2/c6-14-3(5(10,11)12)1-2(13-14)4(7,8)9/h1H. The van der Waals surface area contributed by atoms with Crippen molar-refractivity contribution in [3.63, 3.8) is 0 Å². The van der Waals surface area contributed by atoms with Gasteiger partial charge in [-0.1, -0.05) is 0 Å². The topological polar surface area (TPSA) is 17.8 Å². The number of alkyl halides is 6. The van der Waals surface area contributed by atoms with Crippen molar-refractivity contribution in [2.24, 2.45) is 0 Å². The van der Waals surface area contributed by atoms with Crippen molar-refractivity contribution in [3.8, 4) is 0 Å². The molecule has 0 unspecified atom stereocenters. The number of hydrogen-bond donors (Lipinski definition) is 0. The van der Waals surface area contributed by atoms with E-state index in [2.05, 4.69) is 13.1 Å². The van der Waals surface area contributed by atoms with E-state index in [-0.39, 0.29) is 10.7 Å². The van der Waals surface area contributed by atoms with Crippen LogP contribution in [0.15, 0.2) is 6.07 Å². The first-order valence-corrected chi connectivity index (χ1v) is 3.12. The Morgan fingerprint density at radius 1 is 1.07 bits per heavy atom. The molecule has 0 bridgehead atoms. The van der Waals surface area contributed by atoms with Crippen LogP contribution in [0, 0.1) is 0 Å². The summed E-state index contributed by atoms with van der Waals surface area (Å²) in [6.45, 7) is 0. The van der Waals surface area contributed by atoms with Crippen LogP contribution >= 0.6 is 0 Å². The summed E-state index contributed by atoms with van der Waals surface area (Å²) < 4.78 is 71.1. The minimum absolute atomic E-state index is 0.153. The van der Waals surface area contributed by atoms with E-state index in [1.165, 1.54) is 0 Å². The second-order valence-corrected chi connectivity index (χ2v) is 2.35. The van der Waals surface area contributed by atoms with Crippen molar-refractivity contribution in [1.82, 2.24) is 9.69 Å². The molecule has 1 heterocycles. The zero-order valence-electron chi connectivity index (χ0n) is 6.32. The predicted octanol–water partition coefficient (Wildman–Crippen LogP) is 1.85. The molecule has 9 heteroatoms. The Hall–Kier alpha value is -1.15. The van der Waals surface area contributed by atoms with Crippen LogP contribution in [0.4, 0.5) is 26.3 Å². The molecule has 0 aliphatic heterocycles. The highest BCUT2D eigenvalue weighted by Crippen LogP contribution is 2.34. The smallest absolute Gasteiger partial charge is 0.320 e. The number of nitrogens with zero attached hydrogens (tertiary/aromatic N) is 2. The third kappa shape index (κ3) is 2.02. The van der Waals surface area contributed by atoms with Gasteiger partial charge in [0.15, 0.2) is 5.69 Å². The van der Waals surface area contributed by atoms with Crippen LogP contribution in [-0.4, -0.2) is 17.7 Å². The lowest BCUT2D eigenvalue weighted by Crippen LogP contribution is -2.12. The highest BCUT2D eigenvalue weighted by atomic mass is 19.4. The zero-order chi connectivity index (χ0) is 11.1. The molecule has 0 spiro atoms. The average Bonchev–Trinajstić information content (AvgIpc) is 2.27. The molecule has 1 rings (SSSR count). The van der Waals surface area contributed by atoms with Crippen molar-refractivity contribution in [3.05, 3.63) is 17.5 Å². The van der Waals surface area contributed by atoms with Crippen LogP contribution in [-0.2, 0) is 12.4 Å². The highest BCUT2D eigenvalue weighted by Gasteiger charge is 2.40. The summed E-state index contributed by atoms with van der Waals surface area (Å²) >= 11 is 0. The van der Waals surface area contributed by atoms with Gasteiger partial charge in [0.1, 0.15) is 5.69 Å². The Morgan fingerprint density at radius 2 is 1.57 bits per heavy atom. The summed E-state index contributed by atoms with van der Waals surface area (Å²) in [4.78, 5) is 0. The summed E-state index contributed by atoms with van der Waals surface area (Å²) in [5.74, 6) is 0. The summed E-state index contributed by atoms with van der Waals surface area (Å²) in [5.41, 5.74) is -3.32. The van der Waals surface area contributed by atoms with Crippen LogP contribution in [0.3, 0.4) is 0 Å². The fourth-order valence-electron chi connectivity index (χ4n) is 0.745. The number of hydrogen-bond acceptors (Lipinski definition) is 1. The molecule has 2 radical (unpaired) electrons. The number of aromatic nitrogens is 2. The van der Waals surface area contributed by atoms with Gasteiger partial charge in [0, 0.05) is 0 Å². The van der Waals surface area contributed by atoms with Crippen molar-refractivity contribution < 1.29 is 26.3 Å². The largest absolute Gasteiger partial charge is 0.435 e. The van der Waals surface area contributed by atoms with Gasteiger partial charge in [0.2, 0.25) is 0 Å². The Kier molecular flexibility index (Phi) is 2.28. The zero-order valence-corrected chi connectivity index (χ0v) is 6.32. The van der Waals surface area contributed by atoms with Crippen LogP contribution in [0.1, 0.15) is 11.4 Å². The van der Waals surface area contributed by atoms with Crippen LogP contribution < -0.4 is 0 Å². The van der Waals surface area contributed by atoms with Crippen LogP contribution in [0.5, 0.6) is 0 Å². The fourth-order valence-corrected chi connectivity index (χ4v) is 0.745. The quantitative estimate of drug-likeness (QED) is 0.475. The van der Waals surface area contributed by atoms with Gasteiger partial charge in [-0.25, -0.2) is 0 Å². The average molecular weight is 214 g/mol. The first kappa shape index (κ1) is 10.9. The molecule has 14 heavy (non-hydrogen) atoms. The Labute approximate surface area is 74.9 Å². The van der Waals surface area contributed by atoms with Gasteiger partial charge in [-0.2, -0.15) is 31.4 Å². The molecule has 2 nitrogen and oxygen atoms in total. The van der Waals surface area contributed by atoms with Crippen LogP contribution in [0.2, 0.25) is 0 Å². The third-order valence-electron chi connectivity index (χ3n) is 1.32. The highest BCUT2D eigenvalue weighted by molar-refractivity contribution is 6.06. The number of rotatable bonds is 0. The van der Waals surface area contributed by atoms with Gasteiger partial charge in [-0.05, 0) is 6.07 Å². The molecule has 0 fully saturated rings. The SMILES string of the molecule is [B]n1nc(C(F)(F)F)cc1C(F)(F)F. The molecular weight excluding hydrogens is 213 g/mol. The maximum absolute atomic E-state index is 11.9. The fraction of sp³-hybridized carbons (Fsp3) is 0.400. The van der Waals surface area contributed by atoms with Crippen molar-refractivity contribution in [2.45, 2.75) is 12.4 Å². The predicted molar refractivity (Wildman–Crippen MR) is 33.4 cm³/mol. The molecule has 0 saturated heterocycles. The monoisotopic (exact) mass is 214 g/mol. The van der Waals surface area contributed by atoms with Crippen molar-refractivity contribution >= 4 is 7.98 Å². The van der Waals surface area contributed by atoms with E-state index in [0.717, 1.165) is 0 Å². The minimum atomic E-state index is -4.95. The van der Waals surface area contributed by atoms with E-state index >= 15 is 0 Å². The molecule has 76 valence electrons.